The summed E-state index contributed by atoms with van der Waals surface area (Å²) in [4.78, 5) is 41.7. The second kappa shape index (κ2) is 6.07. The molecule has 6 heteroatoms. The fourth-order valence-corrected chi connectivity index (χ4v) is 3.09. The van der Waals surface area contributed by atoms with Gasteiger partial charge in [-0.05, 0) is 42.0 Å². The summed E-state index contributed by atoms with van der Waals surface area (Å²) < 4.78 is 0. The van der Waals surface area contributed by atoms with Crippen LogP contribution in [0.4, 0.5) is 5.82 Å². The first kappa shape index (κ1) is 16.0. The van der Waals surface area contributed by atoms with Crippen molar-refractivity contribution in [3.8, 4) is 0 Å². The number of pyridine rings is 1. The summed E-state index contributed by atoms with van der Waals surface area (Å²) in [7, 11) is 0. The summed E-state index contributed by atoms with van der Waals surface area (Å²) in [6, 6.07) is 15.9. The molecule has 0 atom stereocenters. The molecular weight excluding hydrogens is 330 g/mol. The van der Waals surface area contributed by atoms with Crippen LogP contribution in [0, 0.1) is 0 Å². The third-order valence-corrected chi connectivity index (χ3v) is 4.28. The van der Waals surface area contributed by atoms with E-state index in [1.807, 2.05) is 24.3 Å². The number of amides is 3. The van der Waals surface area contributed by atoms with Crippen molar-refractivity contribution >= 4 is 34.4 Å². The first-order valence-electron chi connectivity index (χ1n) is 8.15. The molecule has 4 rings (SSSR count). The lowest BCUT2D eigenvalue weighted by atomic mass is 10.1. The van der Waals surface area contributed by atoms with E-state index >= 15 is 0 Å². The Morgan fingerprint density at radius 3 is 2.35 bits per heavy atom. The van der Waals surface area contributed by atoms with Crippen LogP contribution in [-0.4, -0.2) is 27.6 Å². The molecule has 0 radical (unpaired) electrons. The standard InChI is InChI=1S/C20H15N3O3/c1-12(24)21-18-9-7-14-10-13(6-8-17(14)22-18)11-23-19(25)15-4-2-3-5-16(15)20(23)26/h2-10H,11H2,1H3,(H,21,22,24). The zero-order chi connectivity index (χ0) is 18.3. The van der Waals surface area contributed by atoms with Crippen molar-refractivity contribution in [2.75, 3.05) is 5.32 Å². The van der Waals surface area contributed by atoms with Crippen molar-refractivity contribution in [2.45, 2.75) is 13.5 Å². The van der Waals surface area contributed by atoms with Crippen molar-refractivity contribution in [3.05, 3.63) is 71.3 Å². The highest BCUT2D eigenvalue weighted by Crippen LogP contribution is 2.25. The van der Waals surface area contributed by atoms with Gasteiger partial charge < -0.3 is 5.32 Å². The fraction of sp³-hybridized carbons (Fsp3) is 0.100. The van der Waals surface area contributed by atoms with Crippen LogP contribution in [0.3, 0.4) is 0 Å². The van der Waals surface area contributed by atoms with E-state index in [0.717, 1.165) is 16.5 Å². The Bertz CT molecular complexity index is 1040. The maximum atomic E-state index is 12.5. The smallest absolute Gasteiger partial charge is 0.261 e. The van der Waals surface area contributed by atoms with Crippen LogP contribution in [0.2, 0.25) is 0 Å². The maximum Gasteiger partial charge on any atom is 0.261 e. The quantitative estimate of drug-likeness (QED) is 0.740. The minimum atomic E-state index is -0.273. The topological polar surface area (TPSA) is 79.4 Å². The van der Waals surface area contributed by atoms with E-state index in [-0.39, 0.29) is 24.3 Å². The lowest BCUT2D eigenvalue weighted by Crippen LogP contribution is -2.29. The van der Waals surface area contributed by atoms with E-state index < -0.39 is 0 Å². The molecule has 26 heavy (non-hydrogen) atoms. The van der Waals surface area contributed by atoms with E-state index in [1.165, 1.54) is 11.8 Å². The molecule has 0 fully saturated rings. The molecule has 1 aliphatic rings. The van der Waals surface area contributed by atoms with Gasteiger partial charge in [0.05, 0.1) is 23.2 Å². The molecule has 3 aromatic rings. The number of rotatable bonds is 3. The van der Waals surface area contributed by atoms with Gasteiger partial charge in [-0.3, -0.25) is 19.3 Å². The van der Waals surface area contributed by atoms with Crippen LogP contribution in [0.5, 0.6) is 0 Å². The van der Waals surface area contributed by atoms with E-state index in [1.54, 1.807) is 30.3 Å². The third-order valence-electron chi connectivity index (χ3n) is 4.28. The van der Waals surface area contributed by atoms with Crippen molar-refractivity contribution < 1.29 is 14.4 Å². The minimum absolute atomic E-state index is 0.181. The van der Waals surface area contributed by atoms with Crippen LogP contribution < -0.4 is 5.32 Å². The molecular formula is C20H15N3O3. The molecule has 6 nitrogen and oxygen atoms in total. The maximum absolute atomic E-state index is 12.5. The van der Waals surface area contributed by atoms with Crippen LogP contribution in [0.1, 0.15) is 33.2 Å². The fourth-order valence-electron chi connectivity index (χ4n) is 3.09. The summed E-state index contributed by atoms with van der Waals surface area (Å²) in [5, 5.41) is 3.51. The monoisotopic (exact) mass is 345 g/mol. The summed E-state index contributed by atoms with van der Waals surface area (Å²) in [6.45, 7) is 1.63. The third kappa shape index (κ3) is 2.71. The van der Waals surface area contributed by atoms with E-state index in [0.29, 0.717) is 16.9 Å². The molecule has 1 N–H and O–H groups in total. The number of aromatic nitrogens is 1. The molecule has 1 aliphatic heterocycles. The Kier molecular flexibility index (Phi) is 3.73. The second-order valence-electron chi connectivity index (χ2n) is 6.15. The zero-order valence-corrected chi connectivity index (χ0v) is 14.0. The normalized spacial score (nSPS) is 13.2. The molecule has 0 saturated carbocycles. The number of carbonyl (C=O) groups excluding carboxylic acids is 3. The van der Waals surface area contributed by atoms with Gasteiger partial charge in [-0.25, -0.2) is 4.98 Å². The molecule has 0 saturated heterocycles. The Labute approximate surface area is 149 Å². The summed E-state index contributed by atoms with van der Waals surface area (Å²) in [5.74, 6) is -0.244. The lowest BCUT2D eigenvalue weighted by Gasteiger charge is -2.14. The second-order valence-corrected chi connectivity index (χ2v) is 6.15. The van der Waals surface area contributed by atoms with Gasteiger partial charge in [0.2, 0.25) is 5.91 Å². The van der Waals surface area contributed by atoms with Crippen molar-refractivity contribution in [2.24, 2.45) is 0 Å². The highest BCUT2D eigenvalue weighted by molar-refractivity contribution is 6.21. The molecule has 3 amide bonds. The first-order valence-corrected chi connectivity index (χ1v) is 8.15. The molecule has 2 aromatic carbocycles. The van der Waals surface area contributed by atoms with Crippen LogP contribution >= 0.6 is 0 Å². The Morgan fingerprint density at radius 1 is 1.00 bits per heavy atom. The Morgan fingerprint density at radius 2 is 1.69 bits per heavy atom. The first-order chi connectivity index (χ1) is 12.5. The molecule has 2 heterocycles. The SMILES string of the molecule is CC(=O)Nc1ccc2cc(CN3C(=O)c4ccccc4C3=O)ccc2n1. The summed E-state index contributed by atoms with van der Waals surface area (Å²) in [5.41, 5.74) is 2.45. The molecule has 0 bridgehead atoms. The van der Waals surface area contributed by atoms with Gasteiger partial charge >= 0.3 is 0 Å². The van der Waals surface area contributed by atoms with Gasteiger partial charge in [0, 0.05) is 12.3 Å². The van der Waals surface area contributed by atoms with Crippen LogP contribution in [0.25, 0.3) is 10.9 Å². The molecule has 0 aliphatic carbocycles. The largest absolute Gasteiger partial charge is 0.311 e. The van der Waals surface area contributed by atoms with Gasteiger partial charge in [0.25, 0.3) is 11.8 Å². The number of imide groups is 1. The number of hydrogen-bond donors (Lipinski definition) is 1. The number of nitrogens with one attached hydrogen (secondary N) is 1. The minimum Gasteiger partial charge on any atom is -0.311 e. The average molecular weight is 345 g/mol. The van der Waals surface area contributed by atoms with Gasteiger partial charge in [0.15, 0.2) is 0 Å². The van der Waals surface area contributed by atoms with Crippen molar-refractivity contribution in [1.29, 1.82) is 0 Å². The summed E-state index contributed by atoms with van der Waals surface area (Å²) >= 11 is 0. The van der Waals surface area contributed by atoms with Crippen LogP contribution in [-0.2, 0) is 11.3 Å². The molecule has 1 aromatic heterocycles. The van der Waals surface area contributed by atoms with Crippen LogP contribution in [0.15, 0.2) is 54.6 Å². The number of anilines is 1. The van der Waals surface area contributed by atoms with E-state index in [9.17, 15) is 14.4 Å². The number of hydrogen-bond acceptors (Lipinski definition) is 4. The highest BCUT2D eigenvalue weighted by Gasteiger charge is 2.34. The van der Waals surface area contributed by atoms with Crippen molar-refractivity contribution in [1.82, 2.24) is 9.88 Å². The number of fused-ring (bicyclic) bond motifs is 2. The average Bonchev–Trinajstić information content (AvgIpc) is 2.87. The zero-order valence-electron chi connectivity index (χ0n) is 14.0. The summed E-state index contributed by atoms with van der Waals surface area (Å²) in [6.07, 6.45) is 0. The molecule has 0 unspecified atom stereocenters. The van der Waals surface area contributed by atoms with Gasteiger partial charge in [-0.2, -0.15) is 0 Å². The predicted octanol–water partition coefficient (Wildman–Crippen LogP) is 2.99. The lowest BCUT2D eigenvalue weighted by molar-refractivity contribution is -0.114. The number of benzene rings is 2. The van der Waals surface area contributed by atoms with Gasteiger partial charge in [-0.15, -0.1) is 0 Å². The van der Waals surface area contributed by atoms with E-state index in [4.69, 9.17) is 0 Å². The van der Waals surface area contributed by atoms with Gasteiger partial charge in [0.1, 0.15) is 5.82 Å². The molecule has 128 valence electrons. The highest BCUT2D eigenvalue weighted by atomic mass is 16.2. The number of carbonyl (C=O) groups is 3. The van der Waals surface area contributed by atoms with Gasteiger partial charge in [-0.1, -0.05) is 18.2 Å². The Hall–Kier alpha value is -3.54. The Balaban J connectivity index is 1.61. The number of nitrogens with zero attached hydrogens (tertiary/aromatic N) is 2. The predicted molar refractivity (Wildman–Crippen MR) is 96.7 cm³/mol. The van der Waals surface area contributed by atoms with Crippen molar-refractivity contribution in [3.63, 3.8) is 0 Å². The van der Waals surface area contributed by atoms with E-state index in [2.05, 4.69) is 10.3 Å². The molecule has 0 spiro atoms.